The summed E-state index contributed by atoms with van der Waals surface area (Å²) in [5.41, 5.74) is 6.01. The third kappa shape index (κ3) is 5.64. The van der Waals surface area contributed by atoms with Crippen molar-refractivity contribution in [3.05, 3.63) is 53.6 Å². The maximum atomic E-state index is 12.2. The van der Waals surface area contributed by atoms with Gasteiger partial charge in [0.25, 0.3) is 11.8 Å². The molecule has 0 radical (unpaired) electrons. The van der Waals surface area contributed by atoms with E-state index in [1.807, 2.05) is 13.8 Å². The number of rotatable bonds is 7. The van der Waals surface area contributed by atoms with Crippen LogP contribution >= 0.6 is 0 Å². The van der Waals surface area contributed by atoms with Gasteiger partial charge in [-0.3, -0.25) is 20.4 Å². The standard InChI is InChI=1S/C20H24N2O5/c1-5-26-16-8-10-17(11-9-16)27-14(3)19(23)21-22-20(24)15-7-6-13(2)18(12-15)25-4/h6-12,14H,5H2,1-4H3,(H,21,23)(H,22,24)/t14-/m0/s1. The first-order valence-corrected chi connectivity index (χ1v) is 8.59. The van der Waals surface area contributed by atoms with Gasteiger partial charge in [-0.2, -0.15) is 0 Å². The minimum Gasteiger partial charge on any atom is -0.496 e. The minimum absolute atomic E-state index is 0.373. The zero-order valence-corrected chi connectivity index (χ0v) is 15.9. The Bertz CT molecular complexity index is 789. The zero-order chi connectivity index (χ0) is 19.8. The molecule has 0 fully saturated rings. The topological polar surface area (TPSA) is 85.9 Å². The van der Waals surface area contributed by atoms with E-state index in [9.17, 15) is 9.59 Å². The van der Waals surface area contributed by atoms with E-state index in [0.717, 1.165) is 11.3 Å². The zero-order valence-electron chi connectivity index (χ0n) is 15.9. The summed E-state index contributed by atoms with van der Waals surface area (Å²) < 4.78 is 16.1. The molecule has 7 heteroatoms. The van der Waals surface area contributed by atoms with Crippen LogP contribution in [0.4, 0.5) is 0 Å². The fraction of sp³-hybridized carbons (Fsp3) is 0.300. The summed E-state index contributed by atoms with van der Waals surface area (Å²) in [5, 5.41) is 0. The fourth-order valence-electron chi connectivity index (χ4n) is 2.29. The van der Waals surface area contributed by atoms with Gasteiger partial charge in [-0.05, 0) is 62.7 Å². The number of methoxy groups -OCH3 is 1. The van der Waals surface area contributed by atoms with Crippen molar-refractivity contribution in [3.63, 3.8) is 0 Å². The molecule has 0 heterocycles. The van der Waals surface area contributed by atoms with Crippen molar-refractivity contribution >= 4 is 11.8 Å². The van der Waals surface area contributed by atoms with Crippen molar-refractivity contribution in [2.24, 2.45) is 0 Å². The molecule has 0 aliphatic carbocycles. The van der Waals surface area contributed by atoms with Crippen molar-refractivity contribution < 1.29 is 23.8 Å². The van der Waals surface area contributed by atoms with E-state index < -0.39 is 17.9 Å². The van der Waals surface area contributed by atoms with Crippen LogP contribution in [0.3, 0.4) is 0 Å². The first kappa shape index (κ1) is 20.1. The van der Waals surface area contributed by atoms with Crippen LogP contribution in [0, 0.1) is 6.92 Å². The molecule has 0 aliphatic rings. The number of carbonyl (C=O) groups is 2. The third-order valence-corrected chi connectivity index (χ3v) is 3.79. The number of hydrazine groups is 1. The lowest BCUT2D eigenvalue weighted by atomic mass is 10.1. The second-order valence-corrected chi connectivity index (χ2v) is 5.79. The molecule has 27 heavy (non-hydrogen) atoms. The molecule has 0 spiro atoms. The van der Waals surface area contributed by atoms with Gasteiger partial charge in [-0.1, -0.05) is 6.07 Å². The summed E-state index contributed by atoms with van der Waals surface area (Å²) in [5.74, 6) is 0.922. The Hall–Kier alpha value is -3.22. The highest BCUT2D eigenvalue weighted by Crippen LogP contribution is 2.19. The first-order valence-electron chi connectivity index (χ1n) is 8.59. The molecule has 0 aliphatic heterocycles. The van der Waals surface area contributed by atoms with E-state index >= 15 is 0 Å². The predicted octanol–water partition coefficient (Wildman–Crippen LogP) is 2.63. The molecule has 2 amide bonds. The van der Waals surface area contributed by atoms with Crippen LogP contribution in [0.15, 0.2) is 42.5 Å². The molecular formula is C20H24N2O5. The van der Waals surface area contributed by atoms with Gasteiger partial charge in [-0.15, -0.1) is 0 Å². The summed E-state index contributed by atoms with van der Waals surface area (Å²) in [6.07, 6.45) is -0.796. The molecule has 2 rings (SSSR count). The summed E-state index contributed by atoms with van der Waals surface area (Å²) in [4.78, 5) is 24.3. The second-order valence-electron chi connectivity index (χ2n) is 5.79. The number of nitrogens with one attached hydrogen (secondary N) is 2. The first-order chi connectivity index (χ1) is 12.9. The number of ether oxygens (including phenoxy) is 3. The fourth-order valence-corrected chi connectivity index (χ4v) is 2.29. The van der Waals surface area contributed by atoms with Gasteiger partial charge in [0.1, 0.15) is 17.2 Å². The Labute approximate surface area is 158 Å². The molecule has 2 N–H and O–H groups in total. The van der Waals surface area contributed by atoms with Gasteiger partial charge < -0.3 is 14.2 Å². The maximum Gasteiger partial charge on any atom is 0.279 e. The van der Waals surface area contributed by atoms with Gasteiger partial charge in [0.05, 0.1) is 13.7 Å². The van der Waals surface area contributed by atoms with E-state index in [0.29, 0.717) is 23.7 Å². The summed E-state index contributed by atoms with van der Waals surface area (Å²) in [6, 6.07) is 12.0. The smallest absolute Gasteiger partial charge is 0.279 e. The number of hydrogen-bond donors (Lipinski definition) is 2. The van der Waals surface area contributed by atoms with Gasteiger partial charge in [0.15, 0.2) is 6.10 Å². The Balaban J connectivity index is 1.87. The number of amides is 2. The van der Waals surface area contributed by atoms with Crippen LogP contribution < -0.4 is 25.1 Å². The van der Waals surface area contributed by atoms with Crippen molar-refractivity contribution in [1.29, 1.82) is 0 Å². The van der Waals surface area contributed by atoms with Crippen LogP contribution in [-0.2, 0) is 4.79 Å². The Morgan fingerprint density at radius 3 is 2.33 bits per heavy atom. The van der Waals surface area contributed by atoms with E-state index in [1.54, 1.807) is 49.4 Å². The number of carbonyl (C=O) groups excluding carboxylic acids is 2. The van der Waals surface area contributed by atoms with Gasteiger partial charge >= 0.3 is 0 Å². The number of aryl methyl sites for hydroxylation is 1. The average Bonchev–Trinajstić information content (AvgIpc) is 2.67. The number of benzene rings is 2. The lowest BCUT2D eigenvalue weighted by Gasteiger charge is -2.15. The minimum atomic E-state index is -0.796. The third-order valence-electron chi connectivity index (χ3n) is 3.79. The molecule has 0 saturated carbocycles. The lowest BCUT2D eigenvalue weighted by Crippen LogP contribution is -2.47. The molecule has 144 valence electrons. The van der Waals surface area contributed by atoms with E-state index in [2.05, 4.69) is 10.9 Å². The molecule has 0 bridgehead atoms. The number of hydrogen-bond acceptors (Lipinski definition) is 5. The predicted molar refractivity (Wildman–Crippen MR) is 101 cm³/mol. The van der Waals surface area contributed by atoms with E-state index in [1.165, 1.54) is 7.11 Å². The summed E-state index contributed by atoms with van der Waals surface area (Å²) in [6.45, 7) is 5.94. The monoisotopic (exact) mass is 372 g/mol. The van der Waals surface area contributed by atoms with Crippen LogP contribution in [0.1, 0.15) is 29.8 Å². The van der Waals surface area contributed by atoms with Crippen LogP contribution in [0.2, 0.25) is 0 Å². The largest absolute Gasteiger partial charge is 0.496 e. The van der Waals surface area contributed by atoms with Crippen molar-refractivity contribution in [3.8, 4) is 17.2 Å². The highest BCUT2D eigenvalue weighted by Gasteiger charge is 2.16. The average molecular weight is 372 g/mol. The van der Waals surface area contributed by atoms with E-state index in [4.69, 9.17) is 14.2 Å². The Morgan fingerprint density at radius 2 is 1.70 bits per heavy atom. The summed E-state index contributed by atoms with van der Waals surface area (Å²) >= 11 is 0. The van der Waals surface area contributed by atoms with Crippen LogP contribution in [0.5, 0.6) is 17.2 Å². The van der Waals surface area contributed by atoms with Crippen molar-refractivity contribution in [1.82, 2.24) is 10.9 Å². The quantitative estimate of drug-likeness (QED) is 0.730. The summed E-state index contributed by atoms with van der Waals surface area (Å²) in [7, 11) is 1.53. The Morgan fingerprint density at radius 1 is 1.04 bits per heavy atom. The highest BCUT2D eigenvalue weighted by molar-refractivity contribution is 5.96. The maximum absolute atomic E-state index is 12.2. The molecule has 2 aromatic rings. The highest BCUT2D eigenvalue weighted by atomic mass is 16.5. The SMILES string of the molecule is CCOc1ccc(O[C@@H](C)C(=O)NNC(=O)c2ccc(C)c(OC)c2)cc1. The molecule has 7 nitrogen and oxygen atoms in total. The molecular weight excluding hydrogens is 348 g/mol. The molecule has 0 aromatic heterocycles. The van der Waals surface area contributed by atoms with E-state index in [-0.39, 0.29) is 0 Å². The van der Waals surface area contributed by atoms with Gasteiger partial charge in [0, 0.05) is 5.56 Å². The van der Waals surface area contributed by atoms with Crippen LogP contribution in [0.25, 0.3) is 0 Å². The van der Waals surface area contributed by atoms with Crippen molar-refractivity contribution in [2.45, 2.75) is 26.9 Å². The second kappa shape index (κ2) is 9.47. The molecule has 0 saturated heterocycles. The lowest BCUT2D eigenvalue weighted by molar-refractivity contribution is -0.128. The molecule has 0 unspecified atom stereocenters. The molecule has 1 atom stereocenters. The van der Waals surface area contributed by atoms with Crippen molar-refractivity contribution in [2.75, 3.05) is 13.7 Å². The normalized spacial score (nSPS) is 11.3. The van der Waals surface area contributed by atoms with Crippen LogP contribution in [-0.4, -0.2) is 31.6 Å². The van der Waals surface area contributed by atoms with Gasteiger partial charge in [0.2, 0.25) is 0 Å². The van der Waals surface area contributed by atoms with Gasteiger partial charge in [-0.25, -0.2) is 0 Å². The Kier molecular flexibility index (Phi) is 7.05. The molecule has 2 aromatic carbocycles.